The maximum absolute atomic E-state index is 11.9. The fourth-order valence-corrected chi connectivity index (χ4v) is 2.51. The van der Waals surface area contributed by atoms with E-state index in [4.69, 9.17) is 9.47 Å². The van der Waals surface area contributed by atoms with Crippen LogP contribution in [0.15, 0.2) is 47.6 Å². The van der Waals surface area contributed by atoms with E-state index in [1.165, 1.54) is 30.5 Å². The molecular formula is C21H22N3O6-. The standard InChI is InChI=1S/C21H23N3O6/c1-29-17-8-5-14(11-18(17)30-2)9-10-22-19(25)12-20(26)24-23-13-15-3-6-16(7-4-15)21(27)28/h3-8,11,13H,9-10,12H2,1-2H3,(H,22,25)(H,24,26)(H,27,28)/p-1/b23-13-. The predicted molar refractivity (Wildman–Crippen MR) is 107 cm³/mol. The van der Waals surface area contributed by atoms with Gasteiger partial charge in [0.25, 0.3) is 0 Å². The average Bonchev–Trinajstić information content (AvgIpc) is 2.73. The smallest absolute Gasteiger partial charge is 0.249 e. The van der Waals surface area contributed by atoms with Gasteiger partial charge < -0.3 is 24.7 Å². The third kappa shape index (κ3) is 6.93. The summed E-state index contributed by atoms with van der Waals surface area (Å²) in [5.74, 6) is -1.04. The SMILES string of the molecule is COc1ccc(CCNC(=O)CC(=O)N/N=C\c2ccc(C(=O)[O-])cc2)cc1OC. The highest BCUT2D eigenvalue weighted by Gasteiger charge is 2.09. The van der Waals surface area contributed by atoms with Crippen molar-refractivity contribution in [3.05, 3.63) is 59.2 Å². The average molecular weight is 412 g/mol. The number of methoxy groups -OCH3 is 2. The van der Waals surface area contributed by atoms with Gasteiger partial charge in [-0.15, -0.1) is 0 Å². The number of nitrogens with one attached hydrogen (secondary N) is 2. The van der Waals surface area contributed by atoms with Crippen LogP contribution in [0, 0.1) is 0 Å². The molecule has 9 nitrogen and oxygen atoms in total. The molecule has 0 saturated heterocycles. The molecule has 2 amide bonds. The Balaban J connectivity index is 1.73. The van der Waals surface area contributed by atoms with Gasteiger partial charge in [-0.3, -0.25) is 9.59 Å². The fourth-order valence-electron chi connectivity index (χ4n) is 2.51. The van der Waals surface area contributed by atoms with Crippen molar-refractivity contribution in [3.63, 3.8) is 0 Å². The van der Waals surface area contributed by atoms with Crippen molar-refractivity contribution in [1.29, 1.82) is 0 Å². The summed E-state index contributed by atoms with van der Waals surface area (Å²) in [5, 5.41) is 17.1. The molecule has 0 fully saturated rings. The lowest BCUT2D eigenvalue weighted by Gasteiger charge is -2.10. The first-order valence-corrected chi connectivity index (χ1v) is 9.04. The van der Waals surface area contributed by atoms with Crippen LogP contribution in [0.2, 0.25) is 0 Å². The van der Waals surface area contributed by atoms with E-state index in [2.05, 4.69) is 15.8 Å². The number of benzene rings is 2. The predicted octanol–water partition coefficient (Wildman–Crippen LogP) is 0.266. The van der Waals surface area contributed by atoms with Gasteiger partial charge in [0.2, 0.25) is 11.8 Å². The number of carbonyl (C=O) groups excluding carboxylic acids is 3. The highest BCUT2D eigenvalue weighted by Crippen LogP contribution is 2.27. The summed E-state index contributed by atoms with van der Waals surface area (Å²) in [6, 6.07) is 11.2. The van der Waals surface area contributed by atoms with Gasteiger partial charge in [-0.2, -0.15) is 5.10 Å². The van der Waals surface area contributed by atoms with Gasteiger partial charge >= 0.3 is 0 Å². The largest absolute Gasteiger partial charge is 0.545 e. The number of aromatic carboxylic acids is 1. The van der Waals surface area contributed by atoms with Crippen LogP contribution in [0.4, 0.5) is 0 Å². The van der Waals surface area contributed by atoms with Crippen molar-refractivity contribution < 1.29 is 29.0 Å². The molecule has 0 aliphatic heterocycles. The minimum absolute atomic E-state index is 0.0425. The van der Waals surface area contributed by atoms with Crippen molar-refractivity contribution in [2.75, 3.05) is 20.8 Å². The number of carboxylic acids is 1. The molecule has 0 aromatic heterocycles. The van der Waals surface area contributed by atoms with E-state index < -0.39 is 17.8 Å². The summed E-state index contributed by atoms with van der Waals surface area (Å²) >= 11 is 0. The zero-order chi connectivity index (χ0) is 21.9. The van der Waals surface area contributed by atoms with Gasteiger partial charge in [-0.1, -0.05) is 30.3 Å². The maximum atomic E-state index is 11.9. The maximum Gasteiger partial charge on any atom is 0.249 e. The normalized spacial score (nSPS) is 10.5. The van der Waals surface area contributed by atoms with Gasteiger partial charge in [0, 0.05) is 6.54 Å². The lowest BCUT2D eigenvalue weighted by Crippen LogP contribution is -2.31. The van der Waals surface area contributed by atoms with Crippen molar-refractivity contribution >= 4 is 24.0 Å². The Morgan fingerprint density at radius 1 is 1.00 bits per heavy atom. The molecule has 0 bridgehead atoms. The number of hydrogen-bond donors (Lipinski definition) is 2. The first-order chi connectivity index (χ1) is 14.4. The lowest BCUT2D eigenvalue weighted by molar-refractivity contribution is -0.255. The third-order valence-electron chi connectivity index (χ3n) is 4.05. The molecule has 0 heterocycles. The molecule has 9 heteroatoms. The second-order valence-corrected chi connectivity index (χ2v) is 6.17. The number of hydrogen-bond acceptors (Lipinski definition) is 7. The van der Waals surface area contributed by atoms with Gasteiger partial charge in [0.15, 0.2) is 11.5 Å². The first-order valence-electron chi connectivity index (χ1n) is 9.04. The zero-order valence-corrected chi connectivity index (χ0v) is 16.6. The van der Waals surface area contributed by atoms with Crippen molar-refractivity contribution in [1.82, 2.24) is 10.7 Å². The van der Waals surface area contributed by atoms with E-state index >= 15 is 0 Å². The highest BCUT2D eigenvalue weighted by atomic mass is 16.5. The highest BCUT2D eigenvalue weighted by molar-refractivity contribution is 5.97. The molecule has 0 atom stereocenters. The number of hydrazone groups is 1. The number of nitrogens with zero attached hydrogens (tertiary/aromatic N) is 1. The number of carbonyl (C=O) groups is 3. The van der Waals surface area contributed by atoms with Crippen LogP contribution in [0.1, 0.15) is 27.9 Å². The molecule has 2 aromatic rings. The van der Waals surface area contributed by atoms with E-state index in [0.717, 1.165) is 5.56 Å². The Hall–Kier alpha value is -3.88. The Labute approximate surface area is 173 Å². The van der Waals surface area contributed by atoms with E-state index in [1.807, 2.05) is 12.1 Å². The number of ether oxygens (including phenoxy) is 2. The molecule has 0 aliphatic rings. The van der Waals surface area contributed by atoms with E-state index in [1.54, 1.807) is 20.3 Å². The Kier molecular flexibility index (Phi) is 8.37. The number of rotatable bonds is 10. The number of carboxylic acid groups (broad SMARTS) is 1. The van der Waals surface area contributed by atoms with Crippen molar-refractivity contribution in [2.45, 2.75) is 12.8 Å². The summed E-state index contributed by atoms with van der Waals surface area (Å²) in [7, 11) is 3.10. The second kappa shape index (κ2) is 11.2. The van der Waals surface area contributed by atoms with E-state index in [9.17, 15) is 19.5 Å². The summed E-state index contributed by atoms with van der Waals surface area (Å²) in [6.07, 6.45) is 1.53. The fraction of sp³-hybridized carbons (Fsp3) is 0.238. The van der Waals surface area contributed by atoms with E-state index in [0.29, 0.717) is 30.0 Å². The summed E-state index contributed by atoms with van der Waals surface area (Å²) < 4.78 is 10.4. The van der Waals surface area contributed by atoms with Crippen LogP contribution >= 0.6 is 0 Å². The van der Waals surface area contributed by atoms with Gasteiger partial charge in [0.05, 0.1) is 26.4 Å². The second-order valence-electron chi connectivity index (χ2n) is 6.17. The summed E-state index contributed by atoms with van der Waals surface area (Å²) in [4.78, 5) is 34.3. The van der Waals surface area contributed by atoms with Gasteiger partial charge in [0.1, 0.15) is 6.42 Å². The topological polar surface area (TPSA) is 129 Å². The van der Waals surface area contributed by atoms with Crippen LogP contribution in [-0.2, 0) is 16.0 Å². The first kappa shape index (κ1) is 22.4. The molecule has 2 N–H and O–H groups in total. The molecule has 158 valence electrons. The molecular weight excluding hydrogens is 390 g/mol. The zero-order valence-electron chi connectivity index (χ0n) is 16.6. The molecule has 2 rings (SSSR count). The summed E-state index contributed by atoms with van der Waals surface area (Å²) in [5.41, 5.74) is 3.82. The monoisotopic (exact) mass is 412 g/mol. The Morgan fingerprint density at radius 2 is 1.70 bits per heavy atom. The minimum Gasteiger partial charge on any atom is -0.545 e. The third-order valence-corrected chi connectivity index (χ3v) is 4.05. The van der Waals surface area contributed by atoms with Gasteiger partial charge in [-0.25, -0.2) is 5.43 Å². The van der Waals surface area contributed by atoms with Crippen LogP contribution in [0.5, 0.6) is 11.5 Å². The molecule has 0 spiro atoms. The van der Waals surface area contributed by atoms with Crippen molar-refractivity contribution in [3.8, 4) is 11.5 Å². The van der Waals surface area contributed by atoms with Crippen LogP contribution in [-0.4, -0.2) is 44.8 Å². The minimum atomic E-state index is -1.27. The van der Waals surface area contributed by atoms with E-state index in [-0.39, 0.29) is 12.0 Å². The summed E-state index contributed by atoms with van der Waals surface area (Å²) in [6.45, 7) is 0.357. The van der Waals surface area contributed by atoms with Gasteiger partial charge in [-0.05, 0) is 35.2 Å². The molecule has 0 radical (unpaired) electrons. The lowest BCUT2D eigenvalue weighted by atomic mass is 10.1. The van der Waals surface area contributed by atoms with Crippen LogP contribution in [0.25, 0.3) is 0 Å². The van der Waals surface area contributed by atoms with Crippen LogP contribution < -0.4 is 25.3 Å². The van der Waals surface area contributed by atoms with Crippen molar-refractivity contribution in [2.24, 2.45) is 5.10 Å². The quantitative estimate of drug-likeness (QED) is 0.327. The van der Waals surface area contributed by atoms with Crippen LogP contribution in [0.3, 0.4) is 0 Å². The Bertz CT molecular complexity index is 925. The molecule has 30 heavy (non-hydrogen) atoms. The molecule has 0 aliphatic carbocycles. The number of amides is 2. The molecule has 0 saturated carbocycles. The Morgan fingerprint density at radius 3 is 2.33 bits per heavy atom. The molecule has 0 unspecified atom stereocenters. The molecule has 2 aromatic carbocycles.